The summed E-state index contributed by atoms with van der Waals surface area (Å²) in [5.74, 6) is -0.151. The molecule has 1 atom stereocenters. The molecule has 0 saturated carbocycles. The number of ether oxygens (including phenoxy) is 1. The van der Waals surface area contributed by atoms with Gasteiger partial charge < -0.3 is 10.5 Å². The van der Waals surface area contributed by atoms with Gasteiger partial charge in [-0.05, 0) is 35.2 Å². The zero-order chi connectivity index (χ0) is 14.5. The van der Waals surface area contributed by atoms with Crippen LogP contribution in [-0.2, 0) is 6.42 Å². The molecule has 0 fully saturated rings. The van der Waals surface area contributed by atoms with E-state index in [1.165, 1.54) is 18.7 Å². The van der Waals surface area contributed by atoms with Crippen LogP contribution in [0, 0.1) is 5.82 Å². The van der Waals surface area contributed by atoms with Crippen molar-refractivity contribution in [2.24, 2.45) is 5.73 Å². The summed E-state index contributed by atoms with van der Waals surface area (Å²) in [6.07, 6.45) is 2.19. The smallest absolute Gasteiger partial charge is 0.165 e. The second-order valence-electron chi connectivity index (χ2n) is 4.86. The topological polar surface area (TPSA) is 35.2 Å². The van der Waals surface area contributed by atoms with Gasteiger partial charge in [-0.1, -0.05) is 43.7 Å². The second kappa shape index (κ2) is 6.53. The maximum atomic E-state index is 13.4. The van der Waals surface area contributed by atoms with Crippen LogP contribution in [0.2, 0.25) is 0 Å². The van der Waals surface area contributed by atoms with Crippen molar-refractivity contribution in [2.45, 2.75) is 25.8 Å². The van der Waals surface area contributed by atoms with E-state index in [0.717, 1.165) is 24.0 Å². The Morgan fingerprint density at radius 3 is 2.35 bits per heavy atom. The van der Waals surface area contributed by atoms with E-state index in [9.17, 15) is 4.39 Å². The van der Waals surface area contributed by atoms with Crippen LogP contribution in [0.25, 0.3) is 0 Å². The predicted octanol–water partition coefficient (Wildman–Crippen LogP) is 3.83. The minimum absolute atomic E-state index is 0.223. The van der Waals surface area contributed by atoms with Crippen molar-refractivity contribution in [2.75, 3.05) is 7.11 Å². The van der Waals surface area contributed by atoms with Crippen LogP contribution < -0.4 is 10.5 Å². The molecule has 0 aliphatic carbocycles. The highest BCUT2D eigenvalue weighted by Crippen LogP contribution is 2.25. The van der Waals surface area contributed by atoms with Crippen molar-refractivity contribution in [1.29, 1.82) is 0 Å². The lowest BCUT2D eigenvalue weighted by Gasteiger charge is -2.14. The molecule has 0 aliphatic rings. The summed E-state index contributed by atoms with van der Waals surface area (Å²) in [6.45, 7) is 2.16. The number of nitrogens with two attached hydrogens (primary N) is 1. The predicted molar refractivity (Wildman–Crippen MR) is 79.4 cm³/mol. The van der Waals surface area contributed by atoms with Crippen LogP contribution >= 0.6 is 0 Å². The molecule has 20 heavy (non-hydrogen) atoms. The van der Waals surface area contributed by atoms with Crippen molar-refractivity contribution in [1.82, 2.24) is 0 Å². The Labute approximate surface area is 119 Å². The van der Waals surface area contributed by atoms with E-state index < -0.39 is 0 Å². The summed E-state index contributed by atoms with van der Waals surface area (Å²) in [4.78, 5) is 0. The molecule has 2 aromatic carbocycles. The molecule has 0 spiro atoms. The lowest BCUT2D eigenvalue weighted by Crippen LogP contribution is -2.12. The van der Waals surface area contributed by atoms with Crippen LogP contribution in [0.3, 0.4) is 0 Å². The van der Waals surface area contributed by atoms with Gasteiger partial charge in [0.15, 0.2) is 11.6 Å². The Balaban J connectivity index is 2.24. The van der Waals surface area contributed by atoms with Gasteiger partial charge in [0.2, 0.25) is 0 Å². The first-order valence-corrected chi connectivity index (χ1v) is 6.83. The van der Waals surface area contributed by atoms with Gasteiger partial charge in [0.1, 0.15) is 0 Å². The lowest BCUT2D eigenvalue weighted by molar-refractivity contribution is 0.385. The Morgan fingerprint density at radius 1 is 1.10 bits per heavy atom. The number of rotatable bonds is 5. The molecule has 0 saturated heterocycles. The maximum absolute atomic E-state index is 13.4. The van der Waals surface area contributed by atoms with E-state index >= 15 is 0 Å². The summed E-state index contributed by atoms with van der Waals surface area (Å²) in [5, 5.41) is 0. The van der Waals surface area contributed by atoms with Crippen molar-refractivity contribution >= 4 is 0 Å². The van der Waals surface area contributed by atoms with Gasteiger partial charge in [0.25, 0.3) is 0 Å². The molecule has 0 amide bonds. The third-order valence-corrected chi connectivity index (χ3v) is 3.41. The number of benzene rings is 2. The standard InChI is InChI=1S/C17H20FNO/c1-3-4-12-5-7-13(8-6-12)17(19)14-9-10-15(18)16(11-14)20-2/h5-11,17H,3-4,19H2,1-2H3. The van der Waals surface area contributed by atoms with Gasteiger partial charge in [-0.2, -0.15) is 0 Å². The van der Waals surface area contributed by atoms with Gasteiger partial charge in [-0.15, -0.1) is 0 Å². The SMILES string of the molecule is CCCc1ccc(C(N)c2ccc(F)c(OC)c2)cc1. The van der Waals surface area contributed by atoms with Crippen LogP contribution in [-0.4, -0.2) is 7.11 Å². The molecule has 0 radical (unpaired) electrons. The van der Waals surface area contributed by atoms with Crippen molar-refractivity contribution in [3.05, 3.63) is 65.0 Å². The van der Waals surface area contributed by atoms with E-state index in [2.05, 4.69) is 19.1 Å². The summed E-state index contributed by atoms with van der Waals surface area (Å²) < 4.78 is 18.4. The molecule has 0 aromatic heterocycles. The van der Waals surface area contributed by atoms with Gasteiger partial charge >= 0.3 is 0 Å². The molecular weight excluding hydrogens is 253 g/mol. The monoisotopic (exact) mass is 273 g/mol. The van der Waals surface area contributed by atoms with Crippen LogP contribution in [0.1, 0.15) is 36.1 Å². The highest BCUT2D eigenvalue weighted by molar-refractivity contribution is 5.38. The molecule has 106 valence electrons. The van der Waals surface area contributed by atoms with E-state index in [1.807, 2.05) is 12.1 Å². The quantitative estimate of drug-likeness (QED) is 0.898. The Hall–Kier alpha value is -1.87. The van der Waals surface area contributed by atoms with E-state index in [4.69, 9.17) is 10.5 Å². The highest BCUT2D eigenvalue weighted by atomic mass is 19.1. The van der Waals surface area contributed by atoms with Crippen LogP contribution in [0.4, 0.5) is 4.39 Å². The Kier molecular flexibility index (Phi) is 4.74. The van der Waals surface area contributed by atoms with E-state index in [0.29, 0.717) is 0 Å². The number of methoxy groups -OCH3 is 1. The molecule has 1 unspecified atom stereocenters. The third-order valence-electron chi connectivity index (χ3n) is 3.41. The molecule has 2 nitrogen and oxygen atoms in total. The zero-order valence-electron chi connectivity index (χ0n) is 11.9. The van der Waals surface area contributed by atoms with Gasteiger partial charge in [-0.25, -0.2) is 4.39 Å². The normalized spacial score (nSPS) is 12.2. The first-order chi connectivity index (χ1) is 9.65. The molecule has 3 heteroatoms. The minimum atomic E-state index is -0.373. The Morgan fingerprint density at radius 2 is 1.75 bits per heavy atom. The van der Waals surface area contributed by atoms with E-state index in [1.54, 1.807) is 12.1 Å². The average molecular weight is 273 g/mol. The van der Waals surface area contributed by atoms with Crippen LogP contribution in [0.5, 0.6) is 5.75 Å². The molecule has 2 rings (SSSR count). The summed E-state index contributed by atoms with van der Waals surface area (Å²) in [5.41, 5.74) is 9.39. The van der Waals surface area contributed by atoms with E-state index in [-0.39, 0.29) is 17.6 Å². The number of hydrogen-bond donors (Lipinski definition) is 1. The van der Waals surface area contributed by atoms with Gasteiger partial charge in [0.05, 0.1) is 13.2 Å². The Bertz CT molecular complexity index is 566. The molecular formula is C17H20FNO. The minimum Gasteiger partial charge on any atom is -0.494 e. The van der Waals surface area contributed by atoms with Crippen molar-refractivity contribution < 1.29 is 9.13 Å². The first kappa shape index (κ1) is 14.5. The van der Waals surface area contributed by atoms with Crippen LogP contribution in [0.15, 0.2) is 42.5 Å². The highest BCUT2D eigenvalue weighted by Gasteiger charge is 2.12. The largest absolute Gasteiger partial charge is 0.494 e. The number of hydrogen-bond acceptors (Lipinski definition) is 2. The summed E-state index contributed by atoms with van der Waals surface area (Å²) >= 11 is 0. The summed E-state index contributed by atoms with van der Waals surface area (Å²) in [7, 11) is 1.45. The fourth-order valence-electron chi connectivity index (χ4n) is 2.24. The first-order valence-electron chi connectivity index (χ1n) is 6.83. The maximum Gasteiger partial charge on any atom is 0.165 e. The second-order valence-corrected chi connectivity index (χ2v) is 4.86. The number of halogens is 1. The molecule has 0 aliphatic heterocycles. The fraction of sp³-hybridized carbons (Fsp3) is 0.294. The molecule has 2 N–H and O–H groups in total. The molecule has 0 heterocycles. The molecule has 0 bridgehead atoms. The lowest BCUT2D eigenvalue weighted by atomic mass is 9.97. The average Bonchev–Trinajstić information content (AvgIpc) is 2.48. The third kappa shape index (κ3) is 3.17. The van der Waals surface area contributed by atoms with Gasteiger partial charge in [0, 0.05) is 0 Å². The van der Waals surface area contributed by atoms with Crippen molar-refractivity contribution in [3.8, 4) is 5.75 Å². The zero-order valence-corrected chi connectivity index (χ0v) is 11.9. The van der Waals surface area contributed by atoms with Crippen molar-refractivity contribution in [3.63, 3.8) is 0 Å². The number of aryl methyl sites for hydroxylation is 1. The summed E-state index contributed by atoms with van der Waals surface area (Å²) in [6, 6.07) is 12.7. The molecule has 2 aromatic rings. The van der Waals surface area contributed by atoms with Gasteiger partial charge in [-0.3, -0.25) is 0 Å². The fourth-order valence-corrected chi connectivity index (χ4v) is 2.24.